The molecule has 7 heteroatoms. The Morgan fingerprint density at radius 3 is 2.52 bits per heavy atom. The number of nitrogens with zero attached hydrogens (tertiary/aromatic N) is 3. The van der Waals surface area contributed by atoms with Crippen LogP contribution >= 0.6 is 11.8 Å². The monoisotopic (exact) mass is 412 g/mol. The normalized spacial score (nSPS) is 13.1. The minimum atomic E-state index is -0.350. The Labute approximate surface area is 174 Å². The molecule has 2 aromatic carbocycles. The van der Waals surface area contributed by atoms with Crippen LogP contribution in [0.5, 0.6) is 0 Å². The zero-order chi connectivity index (χ0) is 20.8. The summed E-state index contributed by atoms with van der Waals surface area (Å²) in [6.45, 7) is 4.54. The molecule has 0 bridgehead atoms. The van der Waals surface area contributed by atoms with Gasteiger partial charge in [0.1, 0.15) is 5.82 Å². The van der Waals surface area contributed by atoms with Gasteiger partial charge in [0, 0.05) is 19.5 Å². The lowest BCUT2D eigenvalue weighted by Gasteiger charge is -2.18. The van der Waals surface area contributed by atoms with Gasteiger partial charge in [-0.15, -0.1) is 10.2 Å². The van der Waals surface area contributed by atoms with E-state index in [4.69, 9.17) is 0 Å². The molecule has 0 aliphatic carbocycles. The van der Waals surface area contributed by atoms with E-state index in [9.17, 15) is 9.18 Å². The standard InChI is InChI=1S/C22H25FN4OS/c1-4-16(17-10-6-5-7-11-17)14-24-21(28)15(2)29-22-26-25-20(27(22)3)18-12-8-9-13-19(18)23/h5-13,15-16H,4,14H2,1-3H3,(H,24,28)/t15-,16-/m1/s1. The number of carbonyl (C=O) groups is 1. The highest BCUT2D eigenvalue weighted by Gasteiger charge is 2.21. The van der Waals surface area contributed by atoms with Gasteiger partial charge in [-0.05, 0) is 31.0 Å². The van der Waals surface area contributed by atoms with Gasteiger partial charge in [0.15, 0.2) is 11.0 Å². The number of hydrogen-bond acceptors (Lipinski definition) is 4. The van der Waals surface area contributed by atoms with E-state index in [0.29, 0.717) is 23.1 Å². The van der Waals surface area contributed by atoms with Crippen LogP contribution < -0.4 is 5.32 Å². The highest BCUT2D eigenvalue weighted by atomic mass is 32.2. The first-order chi connectivity index (χ1) is 14.0. The first-order valence-electron chi connectivity index (χ1n) is 9.64. The van der Waals surface area contributed by atoms with Gasteiger partial charge in [-0.25, -0.2) is 4.39 Å². The van der Waals surface area contributed by atoms with Crippen LogP contribution in [0.15, 0.2) is 59.8 Å². The van der Waals surface area contributed by atoms with Crippen molar-refractivity contribution in [2.24, 2.45) is 7.05 Å². The number of benzene rings is 2. The van der Waals surface area contributed by atoms with Gasteiger partial charge in [0.2, 0.25) is 5.91 Å². The van der Waals surface area contributed by atoms with Crippen LogP contribution in [0.4, 0.5) is 4.39 Å². The van der Waals surface area contributed by atoms with Crippen LogP contribution in [-0.2, 0) is 11.8 Å². The highest BCUT2D eigenvalue weighted by Crippen LogP contribution is 2.27. The third kappa shape index (κ3) is 5.03. The molecule has 0 fully saturated rings. The summed E-state index contributed by atoms with van der Waals surface area (Å²) < 4.78 is 15.8. The summed E-state index contributed by atoms with van der Waals surface area (Å²) in [5.74, 6) is 0.310. The molecule has 2 atom stereocenters. The summed E-state index contributed by atoms with van der Waals surface area (Å²) in [7, 11) is 1.78. The predicted octanol–water partition coefficient (Wildman–Crippen LogP) is 4.41. The fraction of sp³-hybridized carbons (Fsp3) is 0.318. The quantitative estimate of drug-likeness (QED) is 0.557. The number of rotatable bonds is 8. The maximum absolute atomic E-state index is 14.1. The zero-order valence-electron chi connectivity index (χ0n) is 16.8. The lowest BCUT2D eigenvalue weighted by Crippen LogP contribution is -2.34. The molecule has 5 nitrogen and oxygen atoms in total. The highest BCUT2D eigenvalue weighted by molar-refractivity contribution is 8.00. The smallest absolute Gasteiger partial charge is 0.233 e. The van der Waals surface area contributed by atoms with Crippen molar-refractivity contribution < 1.29 is 9.18 Å². The van der Waals surface area contributed by atoms with Crippen LogP contribution in [0.2, 0.25) is 0 Å². The Bertz CT molecular complexity index is 960. The number of carbonyl (C=O) groups excluding carboxylic acids is 1. The van der Waals surface area contributed by atoms with Crippen molar-refractivity contribution in [3.63, 3.8) is 0 Å². The second kappa shape index (κ2) is 9.69. The topological polar surface area (TPSA) is 59.8 Å². The molecular weight excluding hydrogens is 387 g/mol. The van der Waals surface area contributed by atoms with Gasteiger partial charge in [0.05, 0.1) is 10.8 Å². The first-order valence-corrected chi connectivity index (χ1v) is 10.5. The number of amides is 1. The Morgan fingerprint density at radius 1 is 1.14 bits per heavy atom. The van der Waals surface area contributed by atoms with Crippen molar-refractivity contribution >= 4 is 17.7 Å². The van der Waals surface area contributed by atoms with E-state index >= 15 is 0 Å². The molecular formula is C22H25FN4OS. The van der Waals surface area contributed by atoms with Crippen molar-refractivity contribution in [2.75, 3.05) is 6.54 Å². The molecule has 29 heavy (non-hydrogen) atoms. The maximum Gasteiger partial charge on any atom is 0.233 e. The Balaban J connectivity index is 1.62. The molecule has 3 rings (SSSR count). The molecule has 1 amide bonds. The largest absolute Gasteiger partial charge is 0.355 e. The van der Waals surface area contributed by atoms with E-state index < -0.39 is 0 Å². The van der Waals surface area contributed by atoms with Crippen molar-refractivity contribution in [1.29, 1.82) is 0 Å². The van der Waals surface area contributed by atoms with E-state index in [-0.39, 0.29) is 22.9 Å². The number of aromatic nitrogens is 3. The maximum atomic E-state index is 14.1. The predicted molar refractivity (Wildman–Crippen MR) is 114 cm³/mol. The SMILES string of the molecule is CC[C@H](CNC(=O)[C@@H](C)Sc1nnc(-c2ccccc2F)n1C)c1ccccc1. The van der Waals surface area contributed by atoms with E-state index in [2.05, 4.69) is 34.6 Å². The molecule has 0 aliphatic rings. The minimum Gasteiger partial charge on any atom is -0.355 e. The minimum absolute atomic E-state index is 0.0557. The Kier molecular flexibility index (Phi) is 7.04. The molecule has 1 heterocycles. The number of nitrogens with one attached hydrogen (secondary N) is 1. The molecule has 1 N–H and O–H groups in total. The van der Waals surface area contributed by atoms with Crippen LogP contribution in [0.25, 0.3) is 11.4 Å². The van der Waals surface area contributed by atoms with Crippen molar-refractivity contribution in [1.82, 2.24) is 20.1 Å². The van der Waals surface area contributed by atoms with Gasteiger partial charge >= 0.3 is 0 Å². The van der Waals surface area contributed by atoms with E-state index in [0.717, 1.165) is 6.42 Å². The van der Waals surface area contributed by atoms with Crippen molar-refractivity contribution in [2.45, 2.75) is 36.6 Å². The third-order valence-electron chi connectivity index (χ3n) is 4.89. The molecule has 0 aliphatic heterocycles. The van der Waals surface area contributed by atoms with Gasteiger partial charge in [0.25, 0.3) is 0 Å². The van der Waals surface area contributed by atoms with Gasteiger partial charge in [-0.1, -0.05) is 61.2 Å². The summed E-state index contributed by atoms with van der Waals surface area (Å²) in [5, 5.41) is 11.5. The lowest BCUT2D eigenvalue weighted by atomic mass is 9.96. The summed E-state index contributed by atoms with van der Waals surface area (Å²) in [5.41, 5.74) is 1.61. The molecule has 0 saturated carbocycles. The van der Waals surface area contributed by atoms with Crippen LogP contribution in [0.3, 0.4) is 0 Å². The Hall–Kier alpha value is -2.67. The third-order valence-corrected chi connectivity index (χ3v) is 6.02. The summed E-state index contributed by atoms with van der Waals surface area (Å²) in [6.07, 6.45) is 0.946. The fourth-order valence-corrected chi connectivity index (χ4v) is 3.94. The number of hydrogen-bond donors (Lipinski definition) is 1. The average molecular weight is 413 g/mol. The van der Waals surface area contributed by atoms with E-state index in [1.54, 1.807) is 29.8 Å². The van der Waals surface area contributed by atoms with Crippen LogP contribution in [0, 0.1) is 5.82 Å². The molecule has 0 spiro atoms. The van der Waals surface area contributed by atoms with Crippen molar-refractivity contribution in [3.8, 4) is 11.4 Å². The summed E-state index contributed by atoms with van der Waals surface area (Å²) in [6, 6.07) is 16.6. The van der Waals surface area contributed by atoms with E-state index in [1.165, 1.54) is 23.4 Å². The lowest BCUT2D eigenvalue weighted by molar-refractivity contribution is -0.120. The van der Waals surface area contributed by atoms with Gasteiger partial charge in [-0.3, -0.25) is 4.79 Å². The second-order valence-corrected chi connectivity index (χ2v) is 8.17. The first kappa shape index (κ1) is 21.0. The average Bonchev–Trinajstić information content (AvgIpc) is 3.09. The Morgan fingerprint density at radius 2 is 1.83 bits per heavy atom. The van der Waals surface area contributed by atoms with Crippen LogP contribution in [0.1, 0.15) is 31.7 Å². The zero-order valence-corrected chi connectivity index (χ0v) is 17.6. The molecule has 0 saturated heterocycles. The fourth-order valence-electron chi connectivity index (χ4n) is 3.10. The number of thioether (sulfide) groups is 1. The number of halogens is 1. The van der Waals surface area contributed by atoms with Crippen LogP contribution in [-0.4, -0.2) is 32.5 Å². The van der Waals surface area contributed by atoms with Gasteiger partial charge in [-0.2, -0.15) is 0 Å². The summed E-state index contributed by atoms with van der Waals surface area (Å²) in [4.78, 5) is 12.6. The molecule has 1 aromatic heterocycles. The van der Waals surface area contributed by atoms with Crippen molar-refractivity contribution in [3.05, 3.63) is 66.0 Å². The second-order valence-electron chi connectivity index (χ2n) is 6.87. The molecule has 0 unspecified atom stereocenters. The molecule has 152 valence electrons. The van der Waals surface area contributed by atoms with Gasteiger partial charge < -0.3 is 9.88 Å². The molecule has 0 radical (unpaired) electrons. The molecule has 3 aromatic rings. The summed E-state index contributed by atoms with van der Waals surface area (Å²) >= 11 is 1.31. The van der Waals surface area contributed by atoms with E-state index in [1.807, 2.05) is 25.1 Å².